The highest BCUT2D eigenvalue weighted by molar-refractivity contribution is 7.89. The van der Waals surface area contributed by atoms with E-state index in [1.54, 1.807) is 37.4 Å². The summed E-state index contributed by atoms with van der Waals surface area (Å²) in [6, 6.07) is 11.9. The first kappa shape index (κ1) is 21.8. The maximum atomic E-state index is 13.1. The molecule has 30 heavy (non-hydrogen) atoms. The van der Waals surface area contributed by atoms with E-state index in [1.807, 2.05) is 12.3 Å². The van der Waals surface area contributed by atoms with E-state index in [-0.39, 0.29) is 22.7 Å². The number of hydrogen-bond acceptors (Lipinski definition) is 5. The van der Waals surface area contributed by atoms with Gasteiger partial charge in [0.05, 0.1) is 16.6 Å². The van der Waals surface area contributed by atoms with Crippen LogP contribution in [0.4, 0.5) is 4.39 Å². The molecule has 1 aromatic heterocycles. The van der Waals surface area contributed by atoms with Crippen LogP contribution in [0.3, 0.4) is 0 Å². The molecule has 1 atom stereocenters. The van der Waals surface area contributed by atoms with Crippen LogP contribution in [0, 0.1) is 5.82 Å². The van der Waals surface area contributed by atoms with Gasteiger partial charge >= 0.3 is 0 Å². The molecule has 1 unspecified atom stereocenters. The molecule has 3 aromatic rings. The molecule has 2 N–H and O–H groups in total. The second-order valence-electron chi connectivity index (χ2n) is 6.66. The molecule has 3 rings (SSSR count). The fraction of sp³-hybridized carbons (Fsp3) is 0.143. The largest absolute Gasteiger partial charge is 0.335 e. The van der Waals surface area contributed by atoms with Crippen LogP contribution in [0.5, 0.6) is 0 Å². The number of halogens is 1. The van der Waals surface area contributed by atoms with Gasteiger partial charge in [0.1, 0.15) is 10.8 Å². The number of carbonyl (C=O) groups is 1. The smallest absolute Gasteiger partial charge is 0.246 e. The van der Waals surface area contributed by atoms with Crippen LogP contribution in [-0.2, 0) is 14.8 Å². The minimum absolute atomic E-state index is 0.0211. The van der Waals surface area contributed by atoms with E-state index >= 15 is 0 Å². The molecule has 0 bridgehead atoms. The second kappa shape index (κ2) is 8.86. The molecular formula is C21H20FN3O3S2. The lowest BCUT2D eigenvalue weighted by Crippen LogP contribution is -2.28. The number of carbonyl (C=O) groups excluding carboxylic acids is 1. The van der Waals surface area contributed by atoms with E-state index in [0.717, 1.165) is 16.1 Å². The van der Waals surface area contributed by atoms with Gasteiger partial charge in [-0.15, -0.1) is 11.3 Å². The zero-order valence-electron chi connectivity index (χ0n) is 16.3. The number of benzene rings is 2. The number of nitrogens with zero attached hydrogens (tertiary/aromatic N) is 2. The minimum atomic E-state index is -3.76. The predicted octanol–water partition coefficient (Wildman–Crippen LogP) is 3.83. The van der Waals surface area contributed by atoms with Gasteiger partial charge in [-0.1, -0.05) is 12.1 Å². The summed E-state index contributed by atoms with van der Waals surface area (Å²) in [4.78, 5) is 18.5. The first-order valence-corrected chi connectivity index (χ1v) is 11.4. The zero-order chi connectivity index (χ0) is 21.9. The van der Waals surface area contributed by atoms with Crippen LogP contribution in [0.15, 0.2) is 64.9 Å². The zero-order valence-corrected chi connectivity index (χ0v) is 18.0. The molecular weight excluding hydrogens is 425 g/mol. The third-order valence-electron chi connectivity index (χ3n) is 4.63. The normalized spacial score (nSPS) is 12.8. The number of likely N-dealkylation sites (N-methyl/N-ethyl adjacent to an activating group) is 1. The lowest BCUT2D eigenvalue weighted by molar-refractivity contribution is -0.126. The van der Waals surface area contributed by atoms with Gasteiger partial charge in [-0.25, -0.2) is 22.9 Å². The van der Waals surface area contributed by atoms with Gasteiger partial charge in [-0.05, 0) is 55.0 Å². The van der Waals surface area contributed by atoms with E-state index in [0.29, 0.717) is 5.69 Å². The number of sulfonamides is 1. The summed E-state index contributed by atoms with van der Waals surface area (Å²) < 4.78 is 35.8. The number of nitrogens with two attached hydrogens (primary N) is 1. The Kier molecular flexibility index (Phi) is 6.45. The first-order valence-electron chi connectivity index (χ1n) is 8.94. The number of primary sulfonamides is 1. The molecule has 0 radical (unpaired) electrons. The van der Waals surface area contributed by atoms with E-state index in [1.165, 1.54) is 46.6 Å². The van der Waals surface area contributed by atoms with E-state index in [9.17, 15) is 17.6 Å². The second-order valence-corrected chi connectivity index (χ2v) is 9.08. The van der Waals surface area contributed by atoms with E-state index in [4.69, 9.17) is 5.14 Å². The number of rotatable bonds is 6. The van der Waals surface area contributed by atoms with Crippen LogP contribution in [0.25, 0.3) is 16.6 Å². The summed E-state index contributed by atoms with van der Waals surface area (Å²) in [7, 11) is -2.10. The number of amides is 1. The van der Waals surface area contributed by atoms with Crippen LogP contribution >= 0.6 is 11.3 Å². The van der Waals surface area contributed by atoms with E-state index < -0.39 is 10.0 Å². The van der Waals surface area contributed by atoms with Crippen molar-refractivity contribution in [2.75, 3.05) is 7.05 Å². The molecule has 0 aliphatic heterocycles. The Morgan fingerprint density at radius 1 is 1.17 bits per heavy atom. The van der Waals surface area contributed by atoms with Crippen molar-refractivity contribution in [3.63, 3.8) is 0 Å². The Balaban J connectivity index is 1.67. The number of aromatic nitrogens is 1. The molecule has 9 heteroatoms. The molecule has 0 aliphatic carbocycles. The highest BCUT2D eigenvalue weighted by Gasteiger charge is 2.16. The minimum Gasteiger partial charge on any atom is -0.335 e. The maximum Gasteiger partial charge on any atom is 0.246 e. The molecule has 6 nitrogen and oxygen atoms in total. The molecule has 156 valence electrons. The van der Waals surface area contributed by atoms with Crippen LogP contribution in [0.2, 0.25) is 0 Å². The Hall–Kier alpha value is -2.88. The summed E-state index contributed by atoms with van der Waals surface area (Å²) in [6.07, 6.45) is 3.05. The summed E-state index contributed by atoms with van der Waals surface area (Å²) in [6.45, 7) is 1.84. The Morgan fingerprint density at radius 3 is 2.40 bits per heavy atom. The predicted molar refractivity (Wildman–Crippen MR) is 116 cm³/mol. The van der Waals surface area contributed by atoms with Gasteiger partial charge in [0.25, 0.3) is 0 Å². The van der Waals surface area contributed by atoms with Crippen molar-refractivity contribution in [1.29, 1.82) is 0 Å². The number of thiazole rings is 1. The van der Waals surface area contributed by atoms with Crippen LogP contribution in [-0.4, -0.2) is 31.3 Å². The van der Waals surface area contributed by atoms with Gasteiger partial charge in [0.2, 0.25) is 15.9 Å². The van der Waals surface area contributed by atoms with Gasteiger partial charge < -0.3 is 4.90 Å². The average Bonchev–Trinajstić information content (AvgIpc) is 3.20. The van der Waals surface area contributed by atoms with Crippen molar-refractivity contribution >= 4 is 33.3 Å². The monoisotopic (exact) mass is 445 g/mol. The average molecular weight is 446 g/mol. The Bertz CT molecular complexity index is 1170. The molecule has 0 fully saturated rings. The molecule has 1 heterocycles. The van der Waals surface area contributed by atoms with Crippen LogP contribution < -0.4 is 5.14 Å². The van der Waals surface area contributed by atoms with Crippen molar-refractivity contribution in [2.45, 2.75) is 17.9 Å². The molecule has 0 aliphatic rings. The topological polar surface area (TPSA) is 93.4 Å². The molecule has 1 amide bonds. The van der Waals surface area contributed by atoms with Crippen molar-refractivity contribution in [3.8, 4) is 10.6 Å². The highest BCUT2D eigenvalue weighted by atomic mass is 32.2. The molecule has 2 aromatic carbocycles. The standard InChI is InChI=1S/C21H20FN3O3S2/c1-14(15-5-10-19(11-6-15)30(23,27)28)25(2)20(26)12-9-18-13-29-21(24-18)16-3-7-17(22)8-4-16/h3-14H,1-2H3,(H2,23,27,28)/b12-9+. The Labute approximate surface area is 178 Å². The lowest BCUT2D eigenvalue weighted by Gasteiger charge is -2.24. The highest BCUT2D eigenvalue weighted by Crippen LogP contribution is 2.25. The fourth-order valence-corrected chi connectivity index (χ4v) is 4.02. The van der Waals surface area contributed by atoms with Crippen molar-refractivity contribution in [2.24, 2.45) is 5.14 Å². The molecule has 0 saturated carbocycles. The van der Waals surface area contributed by atoms with Gasteiger partial charge in [-0.2, -0.15) is 0 Å². The lowest BCUT2D eigenvalue weighted by atomic mass is 10.1. The first-order chi connectivity index (χ1) is 14.1. The van der Waals surface area contributed by atoms with Crippen LogP contribution in [0.1, 0.15) is 24.2 Å². The van der Waals surface area contributed by atoms with E-state index in [2.05, 4.69) is 4.98 Å². The SMILES string of the molecule is CC(c1ccc(S(N)(=O)=O)cc1)N(C)C(=O)/C=C/c1csc(-c2ccc(F)cc2)n1. The summed E-state index contributed by atoms with van der Waals surface area (Å²) in [5.41, 5.74) is 2.21. The fourth-order valence-electron chi connectivity index (χ4n) is 2.71. The maximum absolute atomic E-state index is 13.1. The Morgan fingerprint density at radius 2 is 1.80 bits per heavy atom. The van der Waals surface area contributed by atoms with Gasteiger partial charge in [0.15, 0.2) is 0 Å². The quantitative estimate of drug-likeness (QED) is 0.584. The van der Waals surface area contributed by atoms with Crippen molar-refractivity contribution in [1.82, 2.24) is 9.88 Å². The molecule has 0 spiro atoms. The molecule has 0 saturated heterocycles. The third kappa shape index (κ3) is 5.18. The summed E-state index contributed by atoms with van der Waals surface area (Å²) >= 11 is 1.41. The van der Waals surface area contributed by atoms with Crippen molar-refractivity contribution in [3.05, 3.63) is 77.1 Å². The van der Waals surface area contributed by atoms with Gasteiger partial charge in [0, 0.05) is 24.1 Å². The summed E-state index contributed by atoms with van der Waals surface area (Å²) in [5.74, 6) is -0.535. The number of hydrogen-bond donors (Lipinski definition) is 1. The third-order valence-corrected chi connectivity index (χ3v) is 6.47. The van der Waals surface area contributed by atoms with Gasteiger partial charge in [-0.3, -0.25) is 4.79 Å². The van der Waals surface area contributed by atoms with Crippen molar-refractivity contribution < 1.29 is 17.6 Å². The summed E-state index contributed by atoms with van der Waals surface area (Å²) in [5, 5.41) is 7.66.